The molecule has 1 saturated heterocycles. The largest absolute Gasteiger partial charge is 0.486 e. The van der Waals surface area contributed by atoms with Gasteiger partial charge in [0, 0.05) is 20.6 Å². The zero-order valence-corrected chi connectivity index (χ0v) is 15.8. The van der Waals surface area contributed by atoms with Gasteiger partial charge in [-0.25, -0.2) is 0 Å². The normalized spacial score (nSPS) is 21.5. The molecule has 0 amide bonds. The molecular formula is C17H33BO5. The van der Waals surface area contributed by atoms with E-state index in [2.05, 4.69) is 6.92 Å². The Labute approximate surface area is 141 Å². The Balaban J connectivity index is 2.32. The summed E-state index contributed by atoms with van der Waals surface area (Å²) in [5.41, 5.74) is -0.603. The molecule has 0 N–H and O–H groups in total. The van der Waals surface area contributed by atoms with E-state index in [9.17, 15) is 0 Å². The third-order valence-electron chi connectivity index (χ3n) is 4.70. The van der Waals surface area contributed by atoms with Crippen LogP contribution >= 0.6 is 0 Å². The van der Waals surface area contributed by atoms with Crippen LogP contribution in [-0.4, -0.2) is 51.5 Å². The predicted octanol–water partition coefficient (Wildman–Crippen LogP) is 3.37. The van der Waals surface area contributed by atoms with Crippen molar-refractivity contribution in [1.82, 2.24) is 0 Å². The highest BCUT2D eigenvalue weighted by Gasteiger charge is 2.49. The SMILES string of the molecule is CCC(CCC(OC)OC)OC/C=C/B1OC(C)(C)C(C)(C)O1. The van der Waals surface area contributed by atoms with Gasteiger partial charge in [0.2, 0.25) is 0 Å². The molecule has 1 heterocycles. The number of hydrogen-bond acceptors (Lipinski definition) is 5. The van der Waals surface area contributed by atoms with Crippen molar-refractivity contribution in [1.29, 1.82) is 0 Å². The lowest BCUT2D eigenvalue weighted by atomic mass is 9.90. The summed E-state index contributed by atoms with van der Waals surface area (Å²) in [5, 5.41) is 0. The second kappa shape index (κ2) is 9.18. The van der Waals surface area contributed by atoms with Gasteiger partial charge in [0.25, 0.3) is 0 Å². The molecule has 1 aliphatic heterocycles. The van der Waals surface area contributed by atoms with E-state index in [1.807, 2.05) is 39.7 Å². The van der Waals surface area contributed by atoms with Gasteiger partial charge in [-0.05, 0) is 40.5 Å². The molecule has 6 heteroatoms. The van der Waals surface area contributed by atoms with Crippen LogP contribution in [0.1, 0.15) is 53.9 Å². The van der Waals surface area contributed by atoms with Crippen LogP contribution in [-0.2, 0) is 23.5 Å². The first kappa shape index (κ1) is 20.6. The first-order chi connectivity index (χ1) is 10.8. The molecule has 1 unspecified atom stereocenters. The zero-order valence-electron chi connectivity index (χ0n) is 15.8. The maximum atomic E-state index is 5.91. The van der Waals surface area contributed by atoms with Crippen molar-refractivity contribution in [2.45, 2.75) is 77.5 Å². The first-order valence-electron chi connectivity index (χ1n) is 8.45. The van der Waals surface area contributed by atoms with E-state index in [0.717, 1.165) is 19.3 Å². The second-order valence-electron chi connectivity index (χ2n) is 6.89. The van der Waals surface area contributed by atoms with E-state index in [-0.39, 0.29) is 30.7 Å². The van der Waals surface area contributed by atoms with Crippen molar-refractivity contribution < 1.29 is 23.5 Å². The molecule has 1 rings (SSSR count). The van der Waals surface area contributed by atoms with Crippen LogP contribution in [0.5, 0.6) is 0 Å². The Morgan fingerprint density at radius 3 is 2.04 bits per heavy atom. The summed E-state index contributed by atoms with van der Waals surface area (Å²) in [5.74, 6) is 1.93. The first-order valence-corrected chi connectivity index (χ1v) is 8.45. The highest BCUT2D eigenvalue weighted by atomic mass is 16.7. The summed E-state index contributed by atoms with van der Waals surface area (Å²) >= 11 is 0. The average Bonchev–Trinajstić information content (AvgIpc) is 2.69. The second-order valence-corrected chi connectivity index (χ2v) is 6.89. The van der Waals surface area contributed by atoms with E-state index in [4.69, 9.17) is 23.5 Å². The molecule has 23 heavy (non-hydrogen) atoms. The summed E-state index contributed by atoms with van der Waals surface area (Å²) in [6, 6.07) is 0. The summed E-state index contributed by atoms with van der Waals surface area (Å²) in [6.45, 7) is 10.9. The lowest BCUT2D eigenvalue weighted by Crippen LogP contribution is -2.41. The average molecular weight is 328 g/mol. The van der Waals surface area contributed by atoms with Crippen molar-refractivity contribution in [3.05, 3.63) is 12.1 Å². The van der Waals surface area contributed by atoms with Gasteiger partial charge < -0.3 is 23.5 Å². The number of ether oxygens (including phenoxy) is 3. The van der Waals surface area contributed by atoms with Crippen molar-refractivity contribution in [2.75, 3.05) is 20.8 Å². The van der Waals surface area contributed by atoms with Crippen LogP contribution in [0.25, 0.3) is 0 Å². The molecule has 0 bridgehead atoms. The van der Waals surface area contributed by atoms with Crippen molar-refractivity contribution in [3.63, 3.8) is 0 Å². The number of methoxy groups -OCH3 is 2. The summed E-state index contributed by atoms with van der Waals surface area (Å²) < 4.78 is 28.1. The van der Waals surface area contributed by atoms with Gasteiger partial charge >= 0.3 is 7.12 Å². The van der Waals surface area contributed by atoms with Crippen molar-refractivity contribution in [2.24, 2.45) is 0 Å². The van der Waals surface area contributed by atoms with Crippen LogP contribution in [0, 0.1) is 0 Å². The fraction of sp³-hybridized carbons (Fsp3) is 0.882. The molecule has 0 aromatic heterocycles. The molecule has 1 aliphatic rings. The van der Waals surface area contributed by atoms with E-state index in [0.29, 0.717) is 6.61 Å². The van der Waals surface area contributed by atoms with Crippen molar-refractivity contribution >= 4 is 7.12 Å². The minimum absolute atomic E-state index is 0.159. The third kappa shape index (κ3) is 6.20. The molecule has 1 fully saturated rings. The molecule has 0 aliphatic carbocycles. The van der Waals surface area contributed by atoms with Crippen molar-refractivity contribution in [3.8, 4) is 0 Å². The molecule has 0 spiro atoms. The maximum Gasteiger partial charge on any atom is 0.486 e. The number of hydrogen-bond donors (Lipinski definition) is 0. The van der Waals surface area contributed by atoms with Crippen LogP contribution in [0.15, 0.2) is 12.1 Å². The van der Waals surface area contributed by atoms with E-state index >= 15 is 0 Å². The van der Waals surface area contributed by atoms with E-state index in [1.165, 1.54) is 0 Å². The maximum absolute atomic E-state index is 5.91. The molecule has 5 nitrogen and oxygen atoms in total. The highest BCUT2D eigenvalue weighted by molar-refractivity contribution is 6.51. The van der Waals surface area contributed by atoms with Gasteiger partial charge in [-0.2, -0.15) is 0 Å². The minimum Gasteiger partial charge on any atom is -0.400 e. The number of rotatable bonds is 10. The lowest BCUT2D eigenvalue weighted by Gasteiger charge is -2.32. The van der Waals surface area contributed by atoms with E-state index < -0.39 is 0 Å². The predicted molar refractivity (Wildman–Crippen MR) is 92.3 cm³/mol. The Morgan fingerprint density at radius 1 is 1.00 bits per heavy atom. The summed E-state index contributed by atoms with van der Waals surface area (Å²) in [4.78, 5) is 0. The molecule has 0 aromatic rings. The quantitative estimate of drug-likeness (QED) is 0.454. The molecule has 1 atom stereocenters. The Bertz CT molecular complexity index is 350. The smallest absolute Gasteiger partial charge is 0.400 e. The molecule has 0 radical (unpaired) electrons. The van der Waals surface area contributed by atoms with E-state index in [1.54, 1.807) is 14.2 Å². The third-order valence-corrected chi connectivity index (χ3v) is 4.70. The Hall–Kier alpha value is -0.395. The molecule has 0 aromatic carbocycles. The monoisotopic (exact) mass is 328 g/mol. The van der Waals surface area contributed by atoms with Gasteiger partial charge in [0.15, 0.2) is 6.29 Å². The molecular weight excluding hydrogens is 295 g/mol. The van der Waals surface area contributed by atoms with Gasteiger partial charge in [0.1, 0.15) is 0 Å². The Kier molecular flexibility index (Phi) is 8.24. The van der Waals surface area contributed by atoms with Crippen LogP contribution < -0.4 is 0 Å². The Morgan fingerprint density at radius 2 is 1.57 bits per heavy atom. The highest BCUT2D eigenvalue weighted by Crippen LogP contribution is 2.36. The standard InChI is InChI=1S/C17H33BO5/c1-8-14(10-11-15(19-6)20-7)21-13-9-12-18-22-16(2,3)17(4,5)23-18/h9,12,14-15H,8,10-11,13H2,1-7H3/b12-9+. The van der Waals surface area contributed by atoms with Crippen LogP contribution in [0.3, 0.4) is 0 Å². The minimum atomic E-state index is -0.310. The van der Waals surface area contributed by atoms with Crippen LogP contribution in [0.2, 0.25) is 0 Å². The molecule has 0 saturated carbocycles. The summed E-state index contributed by atoms with van der Waals surface area (Å²) in [6.07, 6.45) is 4.71. The van der Waals surface area contributed by atoms with Gasteiger partial charge in [0.05, 0.1) is 23.9 Å². The fourth-order valence-electron chi connectivity index (χ4n) is 2.38. The zero-order chi connectivity index (χ0) is 17.5. The van der Waals surface area contributed by atoms with Crippen LogP contribution in [0.4, 0.5) is 0 Å². The van der Waals surface area contributed by atoms with Gasteiger partial charge in [-0.3, -0.25) is 0 Å². The lowest BCUT2D eigenvalue weighted by molar-refractivity contribution is -0.112. The topological polar surface area (TPSA) is 46.2 Å². The van der Waals surface area contributed by atoms with Gasteiger partial charge in [-0.15, -0.1) is 0 Å². The molecule has 134 valence electrons. The van der Waals surface area contributed by atoms with Gasteiger partial charge in [-0.1, -0.05) is 19.0 Å². The fourth-order valence-corrected chi connectivity index (χ4v) is 2.38. The summed E-state index contributed by atoms with van der Waals surface area (Å²) in [7, 11) is 3.00.